The highest BCUT2D eigenvalue weighted by Crippen LogP contribution is 2.35. The number of benzene rings is 1. The fourth-order valence-electron chi connectivity index (χ4n) is 1.13. The predicted molar refractivity (Wildman–Crippen MR) is 61.7 cm³/mol. The number of hydrogen-bond acceptors (Lipinski definition) is 3. The first-order chi connectivity index (χ1) is 7.97. The van der Waals surface area contributed by atoms with Crippen LogP contribution in [0.2, 0.25) is 5.02 Å². The van der Waals surface area contributed by atoms with Crippen molar-refractivity contribution in [1.82, 2.24) is 0 Å². The van der Waals surface area contributed by atoms with Crippen LogP contribution in [0.4, 0.5) is 8.78 Å². The largest absolute Gasteiger partial charge is 0.462 e. The first-order valence-electron chi connectivity index (χ1n) is 4.57. The summed E-state index contributed by atoms with van der Waals surface area (Å²) in [6.45, 7) is -1.36. The van der Waals surface area contributed by atoms with E-state index in [9.17, 15) is 13.6 Å². The van der Waals surface area contributed by atoms with Crippen LogP contribution in [0.5, 0.6) is 5.75 Å². The van der Waals surface area contributed by atoms with Gasteiger partial charge in [-0.3, -0.25) is 0 Å². The molecule has 0 unspecified atom stereocenters. The van der Waals surface area contributed by atoms with E-state index in [1.54, 1.807) is 6.92 Å². The van der Waals surface area contributed by atoms with Gasteiger partial charge in [0.1, 0.15) is 5.56 Å². The van der Waals surface area contributed by atoms with Crippen LogP contribution in [0.3, 0.4) is 0 Å². The lowest BCUT2D eigenvalue weighted by Crippen LogP contribution is -2.11. The monoisotopic (exact) mass is 328 g/mol. The van der Waals surface area contributed by atoms with Crippen molar-refractivity contribution < 1.29 is 23.0 Å². The van der Waals surface area contributed by atoms with E-state index in [1.165, 1.54) is 12.1 Å². The fourth-order valence-corrected chi connectivity index (χ4v) is 1.78. The lowest BCUT2D eigenvalue weighted by Gasteiger charge is -2.12. The van der Waals surface area contributed by atoms with Gasteiger partial charge in [0.25, 0.3) is 0 Å². The molecule has 0 saturated heterocycles. The third kappa shape index (κ3) is 3.54. The molecule has 1 aromatic rings. The van der Waals surface area contributed by atoms with E-state index in [-0.39, 0.29) is 27.4 Å². The number of carbonyl (C=O) groups excluding carboxylic acids is 1. The second-order valence-corrected chi connectivity index (χ2v) is 4.09. The minimum atomic E-state index is -3.06. The Bertz CT molecular complexity index is 426. The van der Waals surface area contributed by atoms with Crippen molar-refractivity contribution in [1.29, 1.82) is 0 Å². The van der Waals surface area contributed by atoms with E-state index >= 15 is 0 Å². The summed E-state index contributed by atoms with van der Waals surface area (Å²) in [5, 5.41) is -0.0118. The van der Waals surface area contributed by atoms with E-state index < -0.39 is 12.6 Å². The number of hydrogen-bond donors (Lipinski definition) is 0. The molecule has 94 valence electrons. The molecule has 0 radical (unpaired) electrons. The summed E-state index contributed by atoms with van der Waals surface area (Å²) in [7, 11) is 0. The molecule has 0 N–H and O–H groups in total. The third-order valence-corrected chi connectivity index (χ3v) is 2.68. The second-order valence-electron chi connectivity index (χ2n) is 2.83. The molecule has 7 heteroatoms. The molecule has 0 aliphatic rings. The van der Waals surface area contributed by atoms with Gasteiger partial charge in [-0.1, -0.05) is 11.6 Å². The number of ether oxygens (including phenoxy) is 2. The molecule has 0 aromatic heterocycles. The maximum Gasteiger partial charge on any atom is 0.387 e. The first kappa shape index (κ1) is 14.2. The topological polar surface area (TPSA) is 35.5 Å². The van der Waals surface area contributed by atoms with Gasteiger partial charge in [-0.15, -0.1) is 0 Å². The third-order valence-electron chi connectivity index (χ3n) is 1.75. The smallest absolute Gasteiger partial charge is 0.387 e. The number of carbonyl (C=O) groups is 1. The zero-order valence-corrected chi connectivity index (χ0v) is 11.0. The number of esters is 1. The van der Waals surface area contributed by atoms with E-state index in [0.717, 1.165) is 0 Å². The van der Waals surface area contributed by atoms with Crippen molar-refractivity contribution >= 4 is 33.5 Å². The Morgan fingerprint density at radius 2 is 2.18 bits per heavy atom. The van der Waals surface area contributed by atoms with Crippen LogP contribution in [0.25, 0.3) is 0 Å². The Kier molecular flexibility index (Phi) is 5.14. The van der Waals surface area contributed by atoms with Crippen LogP contribution in [0.1, 0.15) is 17.3 Å². The van der Waals surface area contributed by atoms with Crippen LogP contribution >= 0.6 is 27.5 Å². The molecule has 0 spiro atoms. The molecule has 0 fully saturated rings. The summed E-state index contributed by atoms with van der Waals surface area (Å²) < 4.78 is 33.6. The average molecular weight is 330 g/mol. The molecular formula is C10H8BrClF2O3. The zero-order valence-electron chi connectivity index (χ0n) is 8.68. The standard InChI is InChI=1S/C10H8BrClF2O3/c1-2-16-9(15)7-6(12)4-3-5(11)8(7)17-10(13)14/h3-4,10H,2H2,1H3. The predicted octanol–water partition coefficient (Wildman–Crippen LogP) is 3.88. The molecule has 1 aromatic carbocycles. The molecule has 17 heavy (non-hydrogen) atoms. The van der Waals surface area contributed by atoms with Crippen molar-refractivity contribution in [3.63, 3.8) is 0 Å². The van der Waals surface area contributed by atoms with Crippen molar-refractivity contribution in [2.24, 2.45) is 0 Å². The van der Waals surface area contributed by atoms with Crippen LogP contribution in [-0.4, -0.2) is 19.2 Å². The van der Waals surface area contributed by atoms with Gasteiger partial charge in [0.05, 0.1) is 16.1 Å². The lowest BCUT2D eigenvalue weighted by atomic mass is 10.2. The number of halogens is 4. The molecule has 0 amide bonds. The van der Waals surface area contributed by atoms with Gasteiger partial charge in [0.2, 0.25) is 0 Å². The lowest BCUT2D eigenvalue weighted by molar-refractivity contribution is -0.0509. The van der Waals surface area contributed by atoms with Gasteiger partial charge in [-0.2, -0.15) is 8.78 Å². The highest BCUT2D eigenvalue weighted by Gasteiger charge is 2.23. The summed E-state index contributed by atoms with van der Waals surface area (Å²) in [4.78, 5) is 11.6. The molecule has 0 bridgehead atoms. The minimum absolute atomic E-state index is 0.0118. The average Bonchev–Trinajstić information content (AvgIpc) is 2.23. The van der Waals surface area contributed by atoms with Crippen molar-refractivity contribution in [2.45, 2.75) is 13.5 Å². The van der Waals surface area contributed by atoms with Crippen LogP contribution in [0.15, 0.2) is 16.6 Å². The highest BCUT2D eigenvalue weighted by molar-refractivity contribution is 9.10. The highest BCUT2D eigenvalue weighted by atomic mass is 79.9. The maximum atomic E-state index is 12.2. The molecule has 3 nitrogen and oxygen atoms in total. The van der Waals surface area contributed by atoms with E-state index in [4.69, 9.17) is 16.3 Å². The zero-order chi connectivity index (χ0) is 13.0. The summed E-state index contributed by atoms with van der Waals surface area (Å²) >= 11 is 8.77. The van der Waals surface area contributed by atoms with Crippen molar-refractivity contribution in [2.75, 3.05) is 6.61 Å². The molecule has 0 aliphatic heterocycles. The van der Waals surface area contributed by atoms with E-state index in [2.05, 4.69) is 20.7 Å². The number of alkyl halides is 2. The normalized spacial score (nSPS) is 10.5. The first-order valence-corrected chi connectivity index (χ1v) is 5.74. The quantitative estimate of drug-likeness (QED) is 0.786. The molecular weight excluding hydrogens is 321 g/mol. The van der Waals surface area contributed by atoms with E-state index in [1.807, 2.05) is 0 Å². The SMILES string of the molecule is CCOC(=O)c1c(Cl)ccc(Br)c1OC(F)F. The molecule has 0 aliphatic carbocycles. The van der Waals surface area contributed by atoms with E-state index in [0.29, 0.717) is 0 Å². The summed E-state index contributed by atoms with van der Waals surface area (Å²) in [5.41, 5.74) is -0.219. The van der Waals surface area contributed by atoms with Crippen LogP contribution < -0.4 is 4.74 Å². The Balaban J connectivity index is 3.24. The second kappa shape index (κ2) is 6.16. The Morgan fingerprint density at radius 1 is 1.53 bits per heavy atom. The van der Waals surface area contributed by atoms with Gasteiger partial charge in [-0.05, 0) is 35.0 Å². The Hall–Kier alpha value is -0.880. The number of rotatable bonds is 4. The maximum absolute atomic E-state index is 12.2. The molecule has 0 saturated carbocycles. The van der Waals surface area contributed by atoms with Crippen molar-refractivity contribution in [3.8, 4) is 5.75 Å². The summed E-state index contributed by atoms with van der Waals surface area (Å²) in [5.74, 6) is -1.14. The summed E-state index contributed by atoms with van der Waals surface area (Å²) in [6.07, 6.45) is 0. The Morgan fingerprint density at radius 3 is 2.71 bits per heavy atom. The molecule has 0 atom stereocenters. The Labute approximate surface area is 110 Å². The van der Waals surface area contributed by atoms with Gasteiger partial charge >= 0.3 is 12.6 Å². The molecule has 1 rings (SSSR count). The van der Waals surface area contributed by atoms with Gasteiger partial charge < -0.3 is 9.47 Å². The fraction of sp³-hybridized carbons (Fsp3) is 0.300. The van der Waals surface area contributed by atoms with Crippen molar-refractivity contribution in [3.05, 3.63) is 27.2 Å². The van der Waals surface area contributed by atoms with Gasteiger partial charge in [0.15, 0.2) is 5.75 Å². The van der Waals surface area contributed by atoms with Crippen LogP contribution in [-0.2, 0) is 4.74 Å². The van der Waals surface area contributed by atoms with Crippen LogP contribution in [0, 0.1) is 0 Å². The molecule has 0 heterocycles. The van der Waals surface area contributed by atoms with Gasteiger partial charge in [-0.25, -0.2) is 4.79 Å². The minimum Gasteiger partial charge on any atom is -0.462 e. The van der Waals surface area contributed by atoms with Gasteiger partial charge in [0, 0.05) is 0 Å². The summed E-state index contributed by atoms with van der Waals surface area (Å²) in [6, 6.07) is 2.79.